The molecular weight excluding hydrogens is 399 g/mol. The molecule has 0 saturated carbocycles. The van der Waals surface area contributed by atoms with Crippen molar-refractivity contribution in [1.29, 1.82) is 0 Å². The largest absolute Gasteiger partial charge is 0.490 e. The van der Waals surface area contributed by atoms with Crippen molar-refractivity contribution >= 4 is 11.9 Å². The average molecular weight is 417 g/mol. The van der Waals surface area contributed by atoms with Crippen LogP contribution in [0.4, 0.5) is 19.0 Å². The van der Waals surface area contributed by atoms with Crippen LogP contribution in [-0.4, -0.2) is 39.6 Å². The Morgan fingerprint density at radius 2 is 1.80 bits per heavy atom. The van der Waals surface area contributed by atoms with Gasteiger partial charge in [0.2, 0.25) is 5.89 Å². The van der Waals surface area contributed by atoms with Crippen molar-refractivity contribution in [3.63, 3.8) is 0 Å². The first-order valence-corrected chi connectivity index (χ1v) is 9.32. The molecule has 156 valence electrons. The standard InChI is InChI=1S/C20H18F3N5O2/c1-2-18-26-27-19(30-18)15-7-8-17(25-24-15)28-11-9-13(10-12-28)29-16-6-4-3-5-14(16)20(21,22)23/h2-8,13H,1,9-12H2. The zero-order valence-electron chi connectivity index (χ0n) is 15.8. The Hall–Kier alpha value is -3.43. The SMILES string of the molecule is C=Cc1nnc(-c2ccc(N3CCC(Oc4ccccc4C(F)(F)F)CC3)nn2)o1. The van der Waals surface area contributed by atoms with Gasteiger partial charge in [0.1, 0.15) is 17.5 Å². The predicted molar refractivity (Wildman–Crippen MR) is 103 cm³/mol. The maximum Gasteiger partial charge on any atom is 0.419 e. The summed E-state index contributed by atoms with van der Waals surface area (Å²) in [4.78, 5) is 2.01. The summed E-state index contributed by atoms with van der Waals surface area (Å²) in [6, 6.07) is 8.80. The van der Waals surface area contributed by atoms with Gasteiger partial charge in [0.05, 0.1) is 5.56 Å². The van der Waals surface area contributed by atoms with E-state index in [9.17, 15) is 13.2 Å². The highest BCUT2D eigenvalue weighted by Gasteiger charge is 2.35. The van der Waals surface area contributed by atoms with Crippen LogP contribution >= 0.6 is 0 Å². The Bertz CT molecular complexity index is 1010. The van der Waals surface area contributed by atoms with Crippen molar-refractivity contribution in [3.05, 3.63) is 54.4 Å². The van der Waals surface area contributed by atoms with E-state index in [4.69, 9.17) is 9.15 Å². The third-order valence-corrected chi connectivity index (χ3v) is 4.74. The van der Waals surface area contributed by atoms with E-state index in [0.717, 1.165) is 6.07 Å². The zero-order chi connectivity index (χ0) is 21.1. The van der Waals surface area contributed by atoms with E-state index in [1.165, 1.54) is 24.3 Å². The van der Waals surface area contributed by atoms with Crippen LogP contribution in [0.1, 0.15) is 24.3 Å². The molecule has 1 aliphatic heterocycles. The maximum atomic E-state index is 13.1. The molecule has 1 aliphatic rings. The van der Waals surface area contributed by atoms with Gasteiger partial charge in [-0.2, -0.15) is 13.2 Å². The van der Waals surface area contributed by atoms with Gasteiger partial charge in [0.15, 0.2) is 5.82 Å². The Labute approximate surface area is 170 Å². The minimum absolute atomic E-state index is 0.133. The van der Waals surface area contributed by atoms with Crippen LogP contribution in [0, 0.1) is 0 Å². The van der Waals surface area contributed by atoms with Crippen LogP contribution in [0.2, 0.25) is 0 Å². The molecule has 0 atom stereocenters. The molecule has 0 aliphatic carbocycles. The van der Waals surface area contributed by atoms with Gasteiger partial charge in [-0.15, -0.1) is 20.4 Å². The molecule has 3 heterocycles. The Morgan fingerprint density at radius 1 is 1.03 bits per heavy atom. The van der Waals surface area contributed by atoms with Gasteiger partial charge in [0.25, 0.3) is 5.89 Å². The molecule has 1 fully saturated rings. The van der Waals surface area contributed by atoms with Gasteiger partial charge in [-0.3, -0.25) is 0 Å². The molecule has 3 aromatic rings. The molecule has 1 aromatic carbocycles. The number of aromatic nitrogens is 4. The molecule has 0 N–H and O–H groups in total. The maximum absolute atomic E-state index is 13.1. The second-order valence-electron chi connectivity index (χ2n) is 6.72. The lowest BCUT2D eigenvalue weighted by Gasteiger charge is -2.33. The molecule has 1 saturated heterocycles. The van der Waals surface area contributed by atoms with Crippen molar-refractivity contribution in [2.75, 3.05) is 18.0 Å². The minimum Gasteiger partial charge on any atom is -0.490 e. The number of para-hydroxylation sites is 1. The molecule has 0 spiro atoms. The predicted octanol–water partition coefficient (Wildman–Crippen LogP) is 4.24. The summed E-state index contributed by atoms with van der Waals surface area (Å²) in [7, 11) is 0. The number of nitrogens with zero attached hydrogens (tertiary/aromatic N) is 5. The number of hydrogen-bond acceptors (Lipinski definition) is 7. The molecule has 4 rings (SSSR count). The monoisotopic (exact) mass is 417 g/mol. The van der Waals surface area contributed by atoms with Gasteiger partial charge >= 0.3 is 6.18 Å². The highest BCUT2D eigenvalue weighted by Crippen LogP contribution is 2.37. The van der Waals surface area contributed by atoms with Crippen molar-refractivity contribution in [3.8, 4) is 17.3 Å². The average Bonchev–Trinajstić information content (AvgIpc) is 3.23. The second kappa shape index (κ2) is 8.13. The molecule has 0 amide bonds. The Morgan fingerprint density at radius 3 is 2.43 bits per heavy atom. The Balaban J connectivity index is 1.37. The van der Waals surface area contributed by atoms with Gasteiger partial charge in [-0.25, -0.2) is 0 Å². The number of benzene rings is 1. The highest BCUT2D eigenvalue weighted by atomic mass is 19.4. The smallest absolute Gasteiger partial charge is 0.419 e. The summed E-state index contributed by atoms with van der Waals surface area (Å²) in [5.41, 5.74) is -0.309. The first-order valence-electron chi connectivity index (χ1n) is 9.32. The van der Waals surface area contributed by atoms with Crippen molar-refractivity contribution < 1.29 is 22.3 Å². The van der Waals surface area contributed by atoms with Crippen LogP contribution < -0.4 is 9.64 Å². The van der Waals surface area contributed by atoms with Gasteiger partial charge < -0.3 is 14.1 Å². The first kappa shape index (κ1) is 19.9. The normalized spacial score (nSPS) is 15.2. The molecule has 0 bridgehead atoms. The molecule has 2 aromatic heterocycles. The van der Waals surface area contributed by atoms with E-state index in [0.29, 0.717) is 43.3 Å². The van der Waals surface area contributed by atoms with Crippen LogP contribution in [0.3, 0.4) is 0 Å². The van der Waals surface area contributed by atoms with E-state index < -0.39 is 11.7 Å². The third-order valence-electron chi connectivity index (χ3n) is 4.74. The fourth-order valence-electron chi connectivity index (χ4n) is 3.21. The summed E-state index contributed by atoms with van der Waals surface area (Å²) in [5.74, 6) is 1.08. The van der Waals surface area contributed by atoms with Gasteiger partial charge in [-0.05, 0) is 30.3 Å². The number of alkyl halides is 3. The van der Waals surface area contributed by atoms with Crippen LogP contribution in [0.25, 0.3) is 17.7 Å². The number of anilines is 1. The quantitative estimate of drug-likeness (QED) is 0.615. The molecule has 30 heavy (non-hydrogen) atoms. The highest BCUT2D eigenvalue weighted by molar-refractivity contribution is 5.50. The zero-order valence-corrected chi connectivity index (χ0v) is 15.8. The topological polar surface area (TPSA) is 77.2 Å². The van der Waals surface area contributed by atoms with E-state index in [-0.39, 0.29) is 17.7 Å². The lowest BCUT2D eigenvalue weighted by atomic mass is 10.1. The van der Waals surface area contributed by atoms with E-state index in [2.05, 4.69) is 27.0 Å². The second-order valence-corrected chi connectivity index (χ2v) is 6.72. The fourth-order valence-corrected chi connectivity index (χ4v) is 3.21. The summed E-state index contributed by atoms with van der Waals surface area (Å²) in [6.45, 7) is 4.74. The summed E-state index contributed by atoms with van der Waals surface area (Å²) < 4.78 is 50.4. The van der Waals surface area contributed by atoms with Crippen molar-refractivity contribution in [1.82, 2.24) is 20.4 Å². The van der Waals surface area contributed by atoms with E-state index in [1.54, 1.807) is 12.1 Å². The molecular formula is C20H18F3N5O2. The molecule has 7 nitrogen and oxygen atoms in total. The summed E-state index contributed by atoms with van der Waals surface area (Å²) in [5, 5.41) is 16.0. The van der Waals surface area contributed by atoms with Crippen molar-refractivity contribution in [2.45, 2.75) is 25.1 Å². The summed E-state index contributed by atoms with van der Waals surface area (Å²) >= 11 is 0. The number of halogens is 3. The fraction of sp³-hybridized carbons (Fsp3) is 0.300. The lowest BCUT2D eigenvalue weighted by Crippen LogP contribution is -2.39. The number of hydrogen-bond donors (Lipinski definition) is 0. The van der Waals surface area contributed by atoms with E-state index in [1.807, 2.05) is 4.90 Å². The number of piperidine rings is 1. The van der Waals surface area contributed by atoms with Crippen LogP contribution in [0.5, 0.6) is 5.75 Å². The van der Waals surface area contributed by atoms with Gasteiger partial charge in [-0.1, -0.05) is 18.7 Å². The number of ether oxygens (including phenoxy) is 1. The molecule has 0 unspecified atom stereocenters. The van der Waals surface area contributed by atoms with Crippen LogP contribution in [-0.2, 0) is 6.18 Å². The molecule has 10 heteroatoms. The van der Waals surface area contributed by atoms with Crippen LogP contribution in [0.15, 0.2) is 47.4 Å². The number of rotatable bonds is 5. The molecule has 0 radical (unpaired) electrons. The van der Waals surface area contributed by atoms with Gasteiger partial charge in [0, 0.05) is 25.9 Å². The summed E-state index contributed by atoms with van der Waals surface area (Å²) in [6.07, 6.45) is -2.16. The first-order chi connectivity index (χ1) is 14.4. The minimum atomic E-state index is -4.45. The van der Waals surface area contributed by atoms with E-state index >= 15 is 0 Å². The third kappa shape index (κ3) is 4.27. The van der Waals surface area contributed by atoms with Crippen molar-refractivity contribution in [2.24, 2.45) is 0 Å². The Kier molecular flexibility index (Phi) is 5.39. The lowest BCUT2D eigenvalue weighted by molar-refractivity contribution is -0.139.